The van der Waals surface area contributed by atoms with Gasteiger partial charge in [-0.1, -0.05) is 39.2 Å². The van der Waals surface area contributed by atoms with Crippen LogP contribution in [-0.2, 0) is 9.59 Å². The first-order chi connectivity index (χ1) is 18.1. The fourth-order valence-corrected chi connectivity index (χ4v) is 7.12. The van der Waals surface area contributed by atoms with Gasteiger partial charge < -0.3 is 19.9 Å². The molecular weight excluding hydrogens is 480 g/mol. The van der Waals surface area contributed by atoms with Crippen LogP contribution in [0.25, 0.3) is 10.9 Å². The third-order valence-electron chi connectivity index (χ3n) is 8.96. The Morgan fingerprint density at radius 3 is 2.66 bits per heavy atom. The number of aromatic amines is 1. The SMILES string of the molecule is COc1cccc2[nH]c(C(=O)N3CC4(CCCCC4)CC3C(=O)N[C@H](C#N)C[C@@H]3CC(C)(C)CC3=O)cc12. The Balaban J connectivity index is 1.37. The predicted molar refractivity (Wildman–Crippen MR) is 143 cm³/mol. The Labute approximate surface area is 224 Å². The Morgan fingerprint density at radius 2 is 2.00 bits per heavy atom. The fraction of sp³-hybridized carbons (Fsp3) is 0.600. The maximum absolute atomic E-state index is 13.9. The van der Waals surface area contributed by atoms with E-state index in [0.29, 0.717) is 37.3 Å². The number of aromatic nitrogens is 1. The molecule has 3 atom stereocenters. The van der Waals surface area contributed by atoms with Crippen LogP contribution in [-0.4, -0.2) is 53.2 Å². The molecule has 2 saturated carbocycles. The van der Waals surface area contributed by atoms with Gasteiger partial charge >= 0.3 is 0 Å². The lowest BCUT2D eigenvalue weighted by Gasteiger charge is -2.32. The van der Waals surface area contributed by atoms with Gasteiger partial charge in [0.25, 0.3) is 5.91 Å². The zero-order valence-corrected chi connectivity index (χ0v) is 22.6. The zero-order valence-electron chi connectivity index (χ0n) is 22.6. The third kappa shape index (κ3) is 5.03. The molecule has 38 heavy (non-hydrogen) atoms. The molecule has 8 nitrogen and oxygen atoms in total. The van der Waals surface area contributed by atoms with Crippen LogP contribution in [0, 0.1) is 28.1 Å². The summed E-state index contributed by atoms with van der Waals surface area (Å²) < 4.78 is 5.46. The summed E-state index contributed by atoms with van der Waals surface area (Å²) in [7, 11) is 1.60. The first kappa shape index (κ1) is 26.3. The smallest absolute Gasteiger partial charge is 0.271 e. The van der Waals surface area contributed by atoms with Crippen LogP contribution >= 0.6 is 0 Å². The van der Waals surface area contributed by atoms with Crippen LogP contribution in [0.15, 0.2) is 24.3 Å². The van der Waals surface area contributed by atoms with Crippen LogP contribution in [0.1, 0.15) is 82.1 Å². The van der Waals surface area contributed by atoms with Gasteiger partial charge in [-0.05, 0) is 61.1 Å². The van der Waals surface area contributed by atoms with Crippen molar-refractivity contribution in [1.29, 1.82) is 5.26 Å². The van der Waals surface area contributed by atoms with Crippen molar-refractivity contribution in [3.05, 3.63) is 30.0 Å². The van der Waals surface area contributed by atoms with Crippen molar-refractivity contribution in [1.82, 2.24) is 15.2 Å². The van der Waals surface area contributed by atoms with E-state index in [0.717, 1.165) is 43.0 Å². The van der Waals surface area contributed by atoms with E-state index in [1.165, 1.54) is 6.42 Å². The van der Waals surface area contributed by atoms with Crippen molar-refractivity contribution in [2.24, 2.45) is 16.7 Å². The largest absolute Gasteiger partial charge is 0.496 e. The second kappa shape index (κ2) is 10.1. The maximum atomic E-state index is 13.9. The van der Waals surface area contributed by atoms with Crippen LogP contribution in [0.4, 0.5) is 0 Å². The summed E-state index contributed by atoms with van der Waals surface area (Å²) in [6, 6.07) is 8.20. The van der Waals surface area contributed by atoms with E-state index in [2.05, 4.69) is 30.2 Å². The van der Waals surface area contributed by atoms with Crippen LogP contribution in [0.2, 0.25) is 0 Å². The molecule has 2 heterocycles. The summed E-state index contributed by atoms with van der Waals surface area (Å²) in [6.07, 6.45) is 7.51. The molecule has 2 aromatic rings. The summed E-state index contributed by atoms with van der Waals surface area (Å²) in [6.45, 7) is 4.66. The number of rotatable bonds is 6. The zero-order chi connectivity index (χ0) is 27.1. The second-order valence-corrected chi connectivity index (χ2v) is 12.5. The Morgan fingerprint density at radius 1 is 1.24 bits per heavy atom. The number of nitrogens with one attached hydrogen (secondary N) is 2. The number of benzene rings is 1. The molecule has 3 aliphatic rings. The minimum absolute atomic E-state index is 0.0734. The molecule has 1 unspecified atom stereocenters. The van der Waals surface area contributed by atoms with Crippen molar-refractivity contribution >= 4 is 28.5 Å². The molecule has 1 aromatic heterocycles. The molecule has 1 aromatic carbocycles. The van der Waals surface area contributed by atoms with Gasteiger partial charge in [0.05, 0.1) is 13.2 Å². The average Bonchev–Trinajstić information content (AvgIpc) is 3.56. The lowest BCUT2D eigenvalue weighted by atomic mass is 9.72. The predicted octanol–water partition coefficient (Wildman–Crippen LogP) is 4.75. The molecule has 3 fully saturated rings. The standard InChI is InChI=1S/C30H38N4O4/c1-29(2)14-19(25(35)16-29)12-20(17-31)32-27(36)24-15-30(10-5-4-6-11-30)18-34(24)28(37)23-13-21-22(33-23)8-7-9-26(21)38-3/h7-9,13,19-20,24,33H,4-6,10-12,14-16,18H2,1-3H3,(H,32,36)/t19-,20+,24?/m1/s1. The van der Waals surface area contributed by atoms with Gasteiger partial charge in [-0.15, -0.1) is 0 Å². The van der Waals surface area contributed by atoms with Gasteiger partial charge in [0.1, 0.15) is 29.3 Å². The number of Topliss-reactive ketones (excluding diaryl/α,β-unsaturated/α-hetero) is 1. The number of H-pyrrole nitrogens is 1. The molecule has 2 aliphatic carbocycles. The topological polar surface area (TPSA) is 115 Å². The van der Waals surface area contributed by atoms with Crippen LogP contribution < -0.4 is 10.1 Å². The fourth-order valence-electron chi connectivity index (χ4n) is 7.12. The molecular formula is C30H38N4O4. The first-order valence-corrected chi connectivity index (χ1v) is 13.8. The normalized spacial score (nSPS) is 24.9. The summed E-state index contributed by atoms with van der Waals surface area (Å²) in [5.74, 6) is 0.108. The van der Waals surface area contributed by atoms with Gasteiger partial charge in [0.2, 0.25) is 5.91 Å². The number of ketones is 1. The molecule has 0 radical (unpaired) electrons. The molecule has 1 aliphatic heterocycles. The number of nitrogens with zero attached hydrogens (tertiary/aromatic N) is 2. The highest BCUT2D eigenvalue weighted by molar-refractivity contribution is 6.02. The van der Waals surface area contributed by atoms with Gasteiger partial charge in [-0.2, -0.15) is 5.26 Å². The van der Waals surface area contributed by atoms with Gasteiger partial charge in [-0.3, -0.25) is 14.4 Å². The van der Waals surface area contributed by atoms with E-state index in [1.54, 1.807) is 18.1 Å². The number of hydrogen-bond acceptors (Lipinski definition) is 5. The van der Waals surface area contributed by atoms with Crippen molar-refractivity contribution in [3.8, 4) is 11.8 Å². The van der Waals surface area contributed by atoms with Crippen LogP contribution in [0.3, 0.4) is 0 Å². The summed E-state index contributed by atoms with van der Waals surface area (Å²) >= 11 is 0. The number of carbonyl (C=O) groups excluding carboxylic acids is 3. The number of methoxy groups -OCH3 is 1. The Kier molecular flexibility index (Phi) is 6.97. The number of ether oxygens (including phenoxy) is 1. The van der Waals surface area contributed by atoms with E-state index in [1.807, 2.05) is 18.2 Å². The van der Waals surface area contributed by atoms with E-state index in [4.69, 9.17) is 4.74 Å². The quantitative estimate of drug-likeness (QED) is 0.573. The third-order valence-corrected chi connectivity index (χ3v) is 8.96. The number of fused-ring (bicyclic) bond motifs is 1. The van der Waals surface area contributed by atoms with E-state index >= 15 is 0 Å². The highest BCUT2D eigenvalue weighted by Crippen LogP contribution is 2.47. The summed E-state index contributed by atoms with van der Waals surface area (Å²) in [5.41, 5.74) is 1.07. The minimum Gasteiger partial charge on any atom is -0.496 e. The molecule has 8 heteroatoms. The monoisotopic (exact) mass is 518 g/mol. The van der Waals surface area contributed by atoms with Crippen molar-refractivity contribution in [3.63, 3.8) is 0 Å². The summed E-state index contributed by atoms with van der Waals surface area (Å²) in [5, 5.41) is 13.6. The number of carbonyl (C=O) groups is 3. The molecule has 1 saturated heterocycles. The number of amides is 2. The second-order valence-electron chi connectivity index (χ2n) is 12.5. The number of nitriles is 1. The van der Waals surface area contributed by atoms with Gasteiger partial charge in [0.15, 0.2) is 0 Å². The molecule has 0 bridgehead atoms. The molecule has 1 spiro atoms. The Bertz CT molecular complexity index is 1280. The molecule has 5 rings (SSSR count). The van der Waals surface area contributed by atoms with E-state index in [-0.39, 0.29) is 34.3 Å². The summed E-state index contributed by atoms with van der Waals surface area (Å²) in [4.78, 5) is 45.0. The molecule has 2 amide bonds. The van der Waals surface area contributed by atoms with Crippen molar-refractivity contribution in [2.75, 3.05) is 13.7 Å². The number of hydrogen-bond donors (Lipinski definition) is 2. The lowest BCUT2D eigenvalue weighted by Crippen LogP contribution is -2.49. The minimum atomic E-state index is -0.762. The van der Waals surface area contributed by atoms with Gasteiger partial charge in [0, 0.05) is 29.8 Å². The number of likely N-dealkylation sites (tertiary alicyclic amines) is 1. The molecule has 202 valence electrons. The molecule has 2 N–H and O–H groups in total. The van der Waals surface area contributed by atoms with E-state index < -0.39 is 12.1 Å². The highest BCUT2D eigenvalue weighted by atomic mass is 16.5. The Hall–Kier alpha value is -3.34. The highest BCUT2D eigenvalue weighted by Gasteiger charge is 2.49. The van der Waals surface area contributed by atoms with Crippen molar-refractivity contribution < 1.29 is 19.1 Å². The van der Waals surface area contributed by atoms with Gasteiger partial charge in [-0.25, -0.2) is 0 Å². The maximum Gasteiger partial charge on any atom is 0.271 e. The van der Waals surface area contributed by atoms with E-state index in [9.17, 15) is 19.6 Å². The average molecular weight is 519 g/mol. The van der Waals surface area contributed by atoms with Crippen LogP contribution in [0.5, 0.6) is 5.75 Å². The first-order valence-electron chi connectivity index (χ1n) is 13.8. The lowest BCUT2D eigenvalue weighted by molar-refractivity contribution is -0.126. The van der Waals surface area contributed by atoms with Crippen molar-refractivity contribution in [2.45, 2.75) is 83.7 Å².